The highest BCUT2D eigenvalue weighted by Gasteiger charge is 2.32. The number of hydrogen-bond donors (Lipinski definition) is 0. The molecule has 1 aromatic heterocycles. The Hall–Kier alpha value is -4.13. The van der Waals surface area contributed by atoms with Gasteiger partial charge in [0.1, 0.15) is 29.2 Å². The Morgan fingerprint density at radius 2 is 1.95 bits per heavy atom. The molecule has 0 spiro atoms. The summed E-state index contributed by atoms with van der Waals surface area (Å²) in [5, 5.41) is 0. The van der Waals surface area contributed by atoms with E-state index in [2.05, 4.69) is 31.0 Å². The first kappa shape index (κ1) is 25.2. The van der Waals surface area contributed by atoms with Crippen molar-refractivity contribution in [3.8, 4) is 34.0 Å². The van der Waals surface area contributed by atoms with Crippen LogP contribution in [-0.2, 0) is 23.0 Å². The molecule has 0 N–H and O–H groups in total. The van der Waals surface area contributed by atoms with Crippen molar-refractivity contribution in [3.63, 3.8) is 0 Å². The smallest absolute Gasteiger partial charge is 0.306 e. The summed E-state index contributed by atoms with van der Waals surface area (Å²) in [6.07, 6.45) is 5.04. The van der Waals surface area contributed by atoms with E-state index in [9.17, 15) is 4.79 Å². The van der Waals surface area contributed by atoms with Gasteiger partial charge >= 0.3 is 5.97 Å². The van der Waals surface area contributed by atoms with Gasteiger partial charge in [-0.25, -0.2) is 9.37 Å². The lowest BCUT2D eigenvalue weighted by molar-refractivity contribution is -0.141. The minimum absolute atomic E-state index is 0.0380. The predicted molar refractivity (Wildman–Crippen MR) is 147 cm³/mol. The van der Waals surface area contributed by atoms with Gasteiger partial charge in [0.15, 0.2) is 0 Å². The summed E-state index contributed by atoms with van der Waals surface area (Å²) in [6, 6.07) is 13.4. The molecule has 39 heavy (non-hydrogen) atoms. The maximum absolute atomic E-state index is 15.3. The van der Waals surface area contributed by atoms with Crippen LogP contribution in [0.1, 0.15) is 52.7 Å². The SMILES string of the molecule is COC(=O)CC1COc2cc(O[C@@H]3CCc4c(-c5c(C)cc(-c6nccn6C)cc5C)ccc(F)c43)ccc21. The van der Waals surface area contributed by atoms with Crippen LogP contribution in [0.2, 0.25) is 0 Å². The minimum Gasteiger partial charge on any atom is -0.492 e. The highest BCUT2D eigenvalue weighted by atomic mass is 19.1. The second-order valence-electron chi connectivity index (χ2n) is 10.5. The Kier molecular flexibility index (Phi) is 6.37. The van der Waals surface area contributed by atoms with Crippen LogP contribution in [0.3, 0.4) is 0 Å². The standard InChI is InChI=1S/C32H31FN2O4/c1-18-13-20(32-34-11-12-35(32)3)14-19(2)30(18)24-7-9-26(33)31-25(24)8-10-27(31)39-22-5-6-23-21(15-29(36)37-4)17-38-28(23)16-22/h5-7,9,11-14,16,21,27H,8,10,15,17H2,1-4H3/t21?,27-/m1/s1. The number of carbonyl (C=O) groups excluding carboxylic acids is 1. The van der Waals surface area contributed by atoms with E-state index in [0.717, 1.165) is 51.2 Å². The van der Waals surface area contributed by atoms with Gasteiger partial charge in [0.05, 0.1) is 20.1 Å². The van der Waals surface area contributed by atoms with Crippen LogP contribution >= 0.6 is 0 Å². The summed E-state index contributed by atoms with van der Waals surface area (Å²) >= 11 is 0. The Balaban J connectivity index is 1.30. The van der Waals surface area contributed by atoms with Crippen molar-refractivity contribution in [1.82, 2.24) is 9.55 Å². The molecular weight excluding hydrogens is 495 g/mol. The van der Waals surface area contributed by atoms with Crippen LogP contribution in [0.15, 0.2) is 54.9 Å². The number of hydrogen-bond acceptors (Lipinski definition) is 5. The normalized spacial score (nSPS) is 17.5. The maximum Gasteiger partial charge on any atom is 0.306 e. The summed E-state index contributed by atoms with van der Waals surface area (Å²) in [5.74, 6) is 1.70. The van der Waals surface area contributed by atoms with E-state index in [0.29, 0.717) is 30.1 Å². The third-order valence-electron chi connectivity index (χ3n) is 7.95. The van der Waals surface area contributed by atoms with E-state index in [1.807, 2.05) is 42.1 Å². The number of ether oxygens (including phenoxy) is 3. The molecular formula is C32H31FN2O4. The molecule has 0 amide bonds. The quantitative estimate of drug-likeness (QED) is 0.265. The Morgan fingerprint density at radius 3 is 2.67 bits per heavy atom. The summed E-state index contributed by atoms with van der Waals surface area (Å²) < 4.78 is 34.3. The summed E-state index contributed by atoms with van der Waals surface area (Å²) in [7, 11) is 3.38. The van der Waals surface area contributed by atoms with Crippen molar-refractivity contribution < 1.29 is 23.4 Å². The zero-order valence-corrected chi connectivity index (χ0v) is 22.6. The van der Waals surface area contributed by atoms with E-state index in [-0.39, 0.29) is 24.1 Å². The molecule has 0 saturated heterocycles. The summed E-state index contributed by atoms with van der Waals surface area (Å²) in [4.78, 5) is 16.2. The minimum atomic E-state index is -0.391. The molecule has 0 bridgehead atoms. The number of benzene rings is 3. The lowest BCUT2D eigenvalue weighted by Gasteiger charge is -2.19. The van der Waals surface area contributed by atoms with Crippen LogP contribution in [0, 0.1) is 19.7 Å². The fraction of sp³-hybridized carbons (Fsp3) is 0.312. The van der Waals surface area contributed by atoms with Gasteiger partial charge in [-0.2, -0.15) is 0 Å². The lowest BCUT2D eigenvalue weighted by Crippen LogP contribution is -2.09. The van der Waals surface area contributed by atoms with Gasteiger partial charge in [0.2, 0.25) is 0 Å². The van der Waals surface area contributed by atoms with Crippen molar-refractivity contribution in [2.75, 3.05) is 13.7 Å². The van der Waals surface area contributed by atoms with Gasteiger partial charge < -0.3 is 18.8 Å². The van der Waals surface area contributed by atoms with Crippen LogP contribution in [0.25, 0.3) is 22.5 Å². The van der Waals surface area contributed by atoms with Gasteiger partial charge in [-0.1, -0.05) is 12.1 Å². The number of aromatic nitrogens is 2. The number of rotatable bonds is 6. The van der Waals surface area contributed by atoms with E-state index in [1.54, 1.807) is 12.3 Å². The van der Waals surface area contributed by atoms with Gasteiger partial charge in [-0.3, -0.25) is 4.79 Å². The zero-order valence-electron chi connectivity index (χ0n) is 22.6. The van der Waals surface area contributed by atoms with Gasteiger partial charge in [-0.15, -0.1) is 0 Å². The van der Waals surface area contributed by atoms with E-state index < -0.39 is 6.10 Å². The number of aryl methyl sites for hydroxylation is 3. The number of halogens is 1. The van der Waals surface area contributed by atoms with Crippen molar-refractivity contribution in [2.45, 2.75) is 45.1 Å². The van der Waals surface area contributed by atoms with Crippen LogP contribution in [0.4, 0.5) is 4.39 Å². The number of carbonyl (C=O) groups is 1. The van der Waals surface area contributed by atoms with Gasteiger partial charge in [0, 0.05) is 48.1 Å². The molecule has 4 aromatic rings. The third kappa shape index (κ3) is 4.46. The topological polar surface area (TPSA) is 62.6 Å². The molecule has 0 radical (unpaired) electrons. The van der Waals surface area contributed by atoms with E-state index >= 15 is 4.39 Å². The number of imidazole rings is 1. The molecule has 1 aliphatic carbocycles. The molecule has 1 unspecified atom stereocenters. The second kappa shape index (κ2) is 9.88. The number of esters is 1. The average Bonchev–Trinajstić information content (AvgIpc) is 3.64. The fourth-order valence-corrected chi connectivity index (χ4v) is 6.13. The van der Waals surface area contributed by atoms with Crippen LogP contribution < -0.4 is 9.47 Å². The van der Waals surface area contributed by atoms with Crippen molar-refractivity contribution in [1.29, 1.82) is 0 Å². The first-order valence-corrected chi connectivity index (χ1v) is 13.2. The molecule has 200 valence electrons. The van der Waals surface area contributed by atoms with E-state index in [1.165, 1.54) is 7.11 Å². The lowest BCUT2D eigenvalue weighted by atomic mass is 9.89. The largest absolute Gasteiger partial charge is 0.492 e. The van der Waals surface area contributed by atoms with E-state index in [4.69, 9.17) is 14.2 Å². The molecule has 2 heterocycles. The van der Waals surface area contributed by atoms with Crippen LogP contribution in [-0.4, -0.2) is 29.2 Å². The monoisotopic (exact) mass is 526 g/mol. The Bertz CT molecular complexity index is 1570. The first-order valence-electron chi connectivity index (χ1n) is 13.2. The molecule has 2 atom stereocenters. The highest BCUT2D eigenvalue weighted by Crippen LogP contribution is 2.45. The van der Waals surface area contributed by atoms with Crippen molar-refractivity contribution in [2.24, 2.45) is 7.05 Å². The molecule has 3 aromatic carbocycles. The molecule has 2 aliphatic rings. The van der Waals surface area contributed by atoms with Gasteiger partial charge in [-0.05, 0) is 78.8 Å². The molecule has 1 aliphatic heterocycles. The van der Waals surface area contributed by atoms with Crippen molar-refractivity contribution >= 4 is 5.97 Å². The molecule has 0 fully saturated rings. The zero-order chi connectivity index (χ0) is 27.3. The van der Waals surface area contributed by atoms with Crippen molar-refractivity contribution in [3.05, 3.63) is 88.5 Å². The van der Waals surface area contributed by atoms with Crippen LogP contribution in [0.5, 0.6) is 11.5 Å². The summed E-state index contributed by atoms with van der Waals surface area (Å²) in [6.45, 7) is 4.63. The molecule has 7 heteroatoms. The Labute approximate surface area is 227 Å². The molecule has 0 saturated carbocycles. The number of methoxy groups -OCH3 is 1. The number of nitrogens with zero attached hydrogens (tertiary/aromatic N) is 2. The summed E-state index contributed by atoms with van der Waals surface area (Å²) in [5.41, 5.74) is 8.11. The number of fused-ring (bicyclic) bond motifs is 2. The second-order valence-corrected chi connectivity index (χ2v) is 10.5. The van der Waals surface area contributed by atoms with Gasteiger partial charge in [0.25, 0.3) is 0 Å². The first-order chi connectivity index (χ1) is 18.8. The third-order valence-corrected chi connectivity index (χ3v) is 7.95. The average molecular weight is 527 g/mol. The highest BCUT2D eigenvalue weighted by molar-refractivity contribution is 5.78. The predicted octanol–water partition coefficient (Wildman–Crippen LogP) is 6.62. The maximum atomic E-state index is 15.3. The molecule has 6 nitrogen and oxygen atoms in total. The molecule has 6 rings (SSSR count). The fourth-order valence-electron chi connectivity index (χ4n) is 6.13. The Morgan fingerprint density at radius 1 is 1.15 bits per heavy atom.